The zero-order valence-corrected chi connectivity index (χ0v) is 26.5. The molecule has 11 nitrogen and oxygen atoms in total. The number of aliphatic hydroxyl groups excluding tert-OH is 3. The van der Waals surface area contributed by atoms with E-state index in [2.05, 4.69) is 28.9 Å². The quantitative estimate of drug-likeness (QED) is 0.174. The van der Waals surface area contributed by atoms with Gasteiger partial charge in [-0.25, -0.2) is 4.98 Å². The SMILES string of the molecule is C.CC(=O)NC1C(O)OC(CO)C(C)C1O.CC(=O)NCCCCCCNC(=O)c1cc2ccccc2c(-c2ccccc2C)n1. The van der Waals surface area contributed by atoms with Crippen molar-refractivity contribution in [1.82, 2.24) is 20.9 Å². The van der Waals surface area contributed by atoms with Crippen LogP contribution in [0.2, 0.25) is 0 Å². The Balaban J connectivity index is 0.000000389. The highest BCUT2D eigenvalue weighted by molar-refractivity contribution is 6.01. The van der Waals surface area contributed by atoms with Gasteiger partial charge in [-0.1, -0.05) is 75.7 Å². The van der Waals surface area contributed by atoms with Gasteiger partial charge in [0.15, 0.2) is 6.29 Å². The van der Waals surface area contributed by atoms with Crippen LogP contribution in [0.4, 0.5) is 0 Å². The number of fused-ring (bicyclic) bond motifs is 1. The molecule has 252 valence electrons. The van der Waals surface area contributed by atoms with Crippen LogP contribution >= 0.6 is 0 Å². The first-order valence-corrected chi connectivity index (χ1v) is 15.4. The first-order chi connectivity index (χ1) is 21.5. The number of hydrogen-bond acceptors (Lipinski definition) is 8. The van der Waals surface area contributed by atoms with Gasteiger partial charge in [0.05, 0.1) is 24.5 Å². The summed E-state index contributed by atoms with van der Waals surface area (Å²) in [6.45, 7) is 7.62. The smallest absolute Gasteiger partial charge is 0.269 e. The van der Waals surface area contributed by atoms with Gasteiger partial charge in [-0.2, -0.15) is 0 Å². The van der Waals surface area contributed by atoms with Gasteiger partial charge in [-0.15, -0.1) is 0 Å². The summed E-state index contributed by atoms with van der Waals surface area (Å²) >= 11 is 0. The minimum Gasteiger partial charge on any atom is -0.394 e. The van der Waals surface area contributed by atoms with Crippen LogP contribution in [0.15, 0.2) is 54.6 Å². The van der Waals surface area contributed by atoms with Gasteiger partial charge < -0.3 is 36.0 Å². The van der Waals surface area contributed by atoms with Crippen LogP contribution in [0.5, 0.6) is 0 Å². The molecule has 0 spiro atoms. The predicted octanol–water partition coefficient (Wildman–Crippen LogP) is 3.47. The third-order valence-electron chi connectivity index (χ3n) is 7.80. The van der Waals surface area contributed by atoms with Crippen molar-refractivity contribution in [1.29, 1.82) is 0 Å². The van der Waals surface area contributed by atoms with E-state index in [4.69, 9.17) is 14.8 Å². The fourth-order valence-electron chi connectivity index (χ4n) is 5.22. The summed E-state index contributed by atoms with van der Waals surface area (Å²) in [5, 5.41) is 38.5. The Kier molecular flexibility index (Phi) is 15.7. The van der Waals surface area contributed by atoms with Crippen LogP contribution in [0, 0.1) is 12.8 Å². The summed E-state index contributed by atoms with van der Waals surface area (Å²) in [4.78, 5) is 39.1. The molecular weight excluding hydrogens is 588 g/mol. The first-order valence-electron chi connectivity index (χ1n) is 15.4. The van der Waals surface area contributed by atoms with E-state index in [9.17, 15) is 24.6 Å². The zero-order chi connectivity index (χ0) is 32.9. The zero-order valence-electron chi connectivity index (χ0n) is 26.5. The number of nitrogens with zero attached hydrogens (tertiary/aromatic N) is 1. The van der Waals surface area contributed by atoms with Crippen molar-refractivity contribution in [3.8, 4) is 11.3 Å². The van der Waals surface area contributed by atoms with Crippen molar-refractivity contribution in [2.24, 2.45) is 5.92 Å². The Morgan fingerprint density at radius 3 is 2.15 bits per heavy atom. The molecule has 0 radical (unpaired) electrons. The number of carbonyl (C=O) groups is 3. The molecule has 3 amide bonds. The molecule has 4 rings (SSSR count). The van der Waals surface area contributed by atoms with E-state index in [0.717, 1.165) is 53.3 Å². The topological polar surface area (TPSA) is 170 Å². The van der Waals surface area contributed by atoms with Gasteiger partial charge >= 0.3 is 0 Å². The molecule has 5 unspecified atom stereocenters. The average molecular weight is 639 g/mol. The monoisotopic (exact) mass is 638 g/mol. The van der Waals surface area contributed by atoms with Crippen LogP contribution in [-0.4, -0.2) is 82.3 Å². The van der Waals surface area contributed by atoms with E-state index in [1.165, 1.54) is 13.8 Å². The molecule has 46 heavy (non-hydrogen) atoms. The third kappa shape index (κ3) is 10.9. The Labute approximate surface area is 271 Å². The molecular formula is C35H50N4O7. The van der Waals surface area contributed by atoms with E-state index < -0.39 is 24.5 Å². The number of aliphatic hydroxyl groups is 3. The summed E-state index contributed by atoms with van der Waals surface area (Å²) in [6, 6.07) is 17.2. The van der Waals surface area contributed by atoms with Gasteiger partial charge in [0.1, 0.15) is 11.7 Å². The van der Waals surface area contributed by atoms with Crippen LogP contribution in [0.3, 0.4) is 0 Å². The average Bonchev–Trinajstić information content (AvgIpc) is 3.02. The van der Waals surface area contributed by atoms with E-state index >= 15 is 0 Å². The molecule has 0 bridgehead atoms. The molecule has 1 saturated heterocycles. The van der Waals surface area contributed by atoms with Crippen molar-refractivity contribution in [3.05, 3.63) is 65.9 Å². The molecule has 1 fully saturated rings. The summed E-state index contributed by atoms with van der Waals surface area (Å²) in [5.41, 5.74) is 3.46. The molecule has 0 saturated carbocycles. The fourth-order valence-corrected chi connectivity index (χ4v) is 5.22. The highest BCUT2D eigenvalue weighted by atomic mass is 16.6. The lowest BCUT2D eigenvalue weighted by Gasteiger charge is -2.41. The molecule has 11 heteroatoms. The normalized spacial score (nSPS) is 20.5. The molecule has 2 aromatic carbocycles. The second-order valence-electron chi connectivity index (χ2n) is 11.4. The number of carbonyl (C=O) groups excluding carboxylic acids is 3. The molecule has 6 N–H and O–H groups in total. The van der Waals surface area contributed by atoms with Gasteiger partial charge in [-0.3, -0.25) is 14.4 Å². The van der Waals surface area contributed by atoms with E-state index in [1.54, 1.807) is 6.92 Å². The van der Waals surface area contributed by atoms with Gasteiger partial charge in [0.25, 0.3) is 5.91 Å². The Hall–Kier alpha value is -3.90. The van der Waals surface area contributed by atoms with Crippen LogP contribution in [-0.2, 0) is 14.3 Å². The number of hydrogen-bond donors (Lipinski definition) is 6. The number of benzene rings is 2. The highest BCUT2D eigenvalue weighted by Gasteiger charge is 2.42. The predicted molar refractivity (Wildman–Crippen MR) is 179 cm³/mol. The number of aryl methyl sites for hydroxylation is 1. The standard InChI is InChI=1S/C25H29N3O2.C9H17NO5.CH4/c1-18-11-5-7-13-21(18)24-22-14-8-6-12-20(22)17-23(28-24)25(30)27-16-10-4-3-9-15-26-19(2)29;1-4-6(3-11)15-9(14)7(8(4)13)10-5(2)12;/h5-8,11-14,17H,3-4,9-10,15-16H2,1-2H3,(H,26,29)(H,27,30);4,6-9,11,13-14H,3H2,1-2H3,(H,10,12);1H4. The van der Waals surface area contributed by atoms with Gasteiger partial charge in [-0.05, 0) is 36.8 Å². The molecule has 0 aliphatic carbocycles. The number of pyridine rings is 1. The maximum Gasteiger partial charge on any atom is 0.269 e. The number of amides is 3. The minimum absolute atomic E-state index is 0. The Bertz CT molecular complexity index is 1430. The van der Waals surface area contributed by atoms with Crippen molar-refractivity contribution in [2.45, 2.75) is 85.3 Å². The summed E-state index contributed by atoms with van der Waals surface area (Å²) in [7, 11) is 0. The molecule has 3 aromatic rings. The lowest BCUT2D eigenvalue weighted by molar-refractivity contribution is -0.235. The Morgan fingerprint density at radius 1 is 0.891 bits per heavy atom. The summed E-state index contributed by atoms with van der Waals surface area (Å²) in [5.74, 6) is -0.837. The molecule has 2 heterocycles. The largest absolute Gasteiger partial charge is 0.394 e. The number of aromatic nitrogens is 1. The second kappa shape index (κ2) is 18.9. The maximum absolute atomic E-state index is 12.7. The second-order valence-corrected chi connectivity index (χ2v) is 11.4. The van der Waals surface area contributed by atoms with E-state index in [1.807, 2.05) is 48.5 Å². The molecule has 1 aromatic heterocycles. The molecule has 5 atom stereocenters. The molecule has 1 aliphatic heterocycles. The summed E-state index contributed by atoms with van der Waals surface area (Å²) < 4.78 is 5.06. The Morgan fingerprint density at radius 2 is 1.52 bits per heavy atom. The van der Waals surface area contributed by atoms with E-state index in [0.29, 0.717) is 18.8 Å². The number of rotatable bonds is 11. The van der Waals surface area contributed by atoms with Crippen molar-refractivity contribution >= 4 is 28.5 Å². The van der Waals surface area contributed by atoms with E-state index in [-0.39, 0.29) is 37.7 Å². The van der Waals surface area contributed by atoms with Crippen LogP contribution in [0.25, 0.3) is 22.0 Å². The van der Waals surface area contributed by atoms with Crippen LogP contribution in [0.1, 0.15) is 69.9 Å². The lowest BCUT2D eigenvalue weighted by atomic mass is 9.89. The molecule has 1 aliphatic rings. The number of nitrogens with one attached hydrogen (secondary N) is 3. The first kappa shape index (κ1) is 38.3. The van der Waals surface area contributed by atoms with Crippen molar-refractivity contribution in [2.75, 3.05) is 19.7 Å². The lowest BCUT2D eigenvalue weighted by Crippen LogP contribution is -2.60. The van der Waals surface area contributed by atoms with Gasteiger partial charge in [0.2, 0.25) is 11.8 Å². The van der Waals surface area contributed by atoms with Crippen molar-refractivity contribution in [3.63, 3.8) is 0 Å². The van der Waals surface area contributed by atoms with Crippen LogP contribution < -0.4 is 16.0 Å². The third-order valence-corrected chi connectivity index (χ3v) is 7.80. The highest BCUT2D eigenvalue weighted by Crippen LogP contribution is 2.30. The number of unbranched alkanes of at least 4 members (excludes halogenated alkanes) is 3. The minimum atomic E-state index is -1.29. The van der Waals surface area contributed by atoms with Gasteiger partial charge in [0, 0.05) is 43.8 Å². The maximum atomic E-state index is 12.7. The summed E-state index contributed by atoms with van der Waals surface area (Å²) in [6.07, 6.45) is 1.07. The fraction of sp³-hybridized carbons (Fsp3) is 0.486. The van der Waals surface area contributed by atoms with Crippen molar-refractivity contribution < 1.29 is 34.4 Å². The number of ether oxygens (including phenoxy) is 1.